The lowest BCUT2D eigenvalue weighted by Crippen LogP contribution is -2.02. The van der Waals surface area contributed by atoms with Gasteiger partial charge in [-0.05, 0) is 69.7 Å². The van der Waals surface area contributed by atoms with Gasteiger partial charge >= 0.3 is 0 Å². The molecule has 3 nitrogen and oxygen atoms in total. The minimum Gasteiger partial charge on any atom is -0.343 e. The van der Waals surface area contributed by atoms with E-state index in [1.165, 1.54) is 22.0 Å². The second kappa shape index (κ2) is 5.77. The van der Waals surface area contributed by atoms with Gasteiger partial charge in [0.05, 0.1) is 0 Å². The average Bonchev–Trinajstić information content (AvgIpc) is 2.82. The third kappa shape index (κ3) is 2.76. The van der Waals surface area contributed by atoms with Crippen molar-refractivity contribution in [1.29, 1.82) is 0 Å². The number of rotatable bonds is 4. The van der Waals surface area contributed by atoms with Crippen LogP contribution < -0.4 is 5.73 Å². The molecule has 0 unspecified atom stereocenters. The molecular formula is C16H16BrN3. The highest BCUT2D eigenvalue weighted by molar-refractivity contribution is 9.10. The molecular weight excluding hydrogens is 314 g/mol. The summed E-state index contributed by atoms with van der Waals surface area (Å²) >= 11 is 3.46. The zero-order valence-electron chi connectivity index (χ0n) is 11.1. The fraction of sp³-hybridized carbons (Fsp3) is 0.188. The van der Waals surface area contributed by atoms with E-state index in [-0.39, 0.29) is 0 Å². The Labute approximate surface area is 126 Å². The number of benzene rings is 1. The summed E-state index contributed by atoms with van der Waals surface area (Å²) in [5.41, 5.74) is 9.33. The molecule has 0 fully saturated rings. The molecule has 20 heavy (non-hydrogen) atoms. The molecule has 2 aromatic heterocycles. The molecule has 0 aliphatic rings. The highest BCUT2D eigenvalue weighted by atomic mass is 79.9. The number of nitrogens with zero attached hydrogens (tertiary/aromatic N) is 2. The first-order valence-electron chi connectivity index (χ1n) is 6.63. The average molecular weight is 330 g/mol. The van der Waals surface area contributed by atoms with Crippen LogP contribution in [-0.4, -0.2) is 16.1 Å². The molecule has 0 bridgehead atoms. The standard InChI is InChI=1S/C16H16BrN3/c17-15-8-13(9-19-10-15)11-20-6-4-14-7-12(3-5-18)1-2-16(14)20/h1-2,4,6-10H,3,5,11,18H2. The number of hydrogen-bond donors (Lipinski definition) is 1. The van der Waals surface area contributed by atoms with Crippen LogP contribution >= 0.6 is 15.9 Å². The molecule has 4 heteroatoms. The molecule has 2 heterocycles. The monoisotopic (exact) mass is 329 g/mol. The van der Waals surface area contributed by atoms with Crippen LogP contribution in [0.2, 0.25) is 0 Å². The molecule has 1 aromatic carbocycles. The van der Waals surface area contributed by atoms with Crippen molar-refractivity contribution in [2.75, 3.05) is 6.54 Å². The van der Waals surface area contributed by atoms with Gasteiger partial charge in [-0.2, -0.15) is 0 Å². The van der Waals surface area contributed by atoms with E-state index in [4.69, 9.17) is 5.73 Å². The van der Waals surface area contributed by atoms with Crippen molar-refractivity contribution in [3.05, 3.63) is 64.5 Å². The van der Waals surface area contributed by atoms with E-state index in [1.807, 2.05) is 6.20 Å². The maximum absolute atomic E-state index is 5.61. The van der Waals surface area contributed by atoms with E-state index in [2.05, 4.69) is 62.0 Å². The van der Waals surface area contributed by atoms with Crippen molar-refractivity contribution in [3.8, 4) is 0 Å². The number of fused-ring (bicyclic) bond motifs is 1. The lowest BCUT2D eigenvalue weighted by atomic mass is 10.1. The Balaban J connectivity index is 1.92. The van der Waals surface area contributed by atoms with Gasteiger partial charge < -0.3 is 10.3 Å². The van der Waals surface area contributed by atoms with E-state index >= 15 is 0 Å². The molecule has 0 atom stereocenters. The van der Waals surface area contributed by atoms with Crippen LogP contribution in [0.1, 0.15) is 11.1 Å². The molecule has 0 saturated heterocycles. The number of pyridine rings is 1. The molecule has 0 aliphatic carbocycles. The first-order chi connectivity index (χ1) is 9.76. The van der Waals surface area contributed by atoms with Gasteiger partial charge in [0.25, 0.3) is 0 Å². The number of nitrogens with two attached hydrogens (primary N) is 1. The predicted molar refractivity (Wildman–Crippen MR) is 85.7 cm³/mol. The molecule has 0 aliphatic heterocycles. The summed E-state index contributed by atoms with van der Waals surface area (Å²) in [4.78, 5) is 4.21. The SMILES string of the molecule is NCCc1ccc2c(ccn2Cc2cncc(Br)c2)c1. The molecule has 0 amide bonds. The second-order valence-electron chi connectivity index (χ2n) is 4.89. The van der Waals surface area contributed by atoms with Crippen molar-refractivity contribution < 1.29 is 0 Å². The molecule has 3 rings (SSSR count). The molecule has 0 spiro atoms. The molecule has 0 radical (unpaired) electrons. The Morgan fingerprint density at radius 3 is 2.80 bits per heavy atom. The van der Waals surface area contributed by atoms with Crippen LogP contribution in [0.25, 0.3) is 10.9 Å². The minimum atomic E-state index is 0.690. The zero-order chi connectivity index (χ0) is 13.9. The summed E-state index contributed by atoms with van der Waals surface area (Å²) in [6.45, 7) is 1.52. The summed E-state index contributed by atoms with van der Waals surface area (Å²) in [5, 5.41) is 1.26. The maximum atomic E-state index is 5.61. The van der Waals surface area contributed by atoms with E-state index in [9.17, 15) is 0 Å². The Morgan fingerprint density at radius 1 is 1.10 bits per heavy atom. The van der Waals surface area contributed by atoms with Crippen LogP contribution in [-0.2, 0) is 13.0 Å². The Bertz CT molecular complexity index is 733. The van der Waals surface area contributed by atoms with E-state index in [0.717, 1.165) is 17.4 Å². The molecule has 102 valence electrons. The lowest BCUT2D eigenvalue weighted by molar-refractivity contribution is 0.830. The summed E-state index contributed by atoms with van der Waals surface area (Å²) < 4.78 is 3.25. The number of aromatic nitrogens is 2. The van der Waals surface area contributed by atoms with Gasteiger partial charge in [0, 0.05) is 35.1 Å². The van der Waals surface area contributed by atoms with Gasteiger partial charge in [-0.1, -0.05) is 6.07 Å². The highest BCUT2D eigenvalue weighted by Crippen LogP contribution is 2.20. The maximum Gasteiger partial charge on any atom is 0.0491 e. The van der Waals surface area contributed by atoms with Crippen molar-refractivity contribution in [3.63, 3.8) is 0 Å². The van der Waals surface area contributed by atoms with E-state index in [0.29, 0.717) is 6.54 Å². The largest absolute Gasteiger partial charge is 0.343 e. The van der Waals surface area contributed by atoms with Crippen LogP contribution in [0, 0.1) is 0 Å². The molecule has 2 N–H and O–H groups in total. The smallest absolute Gasteiger partial charge is 0.0491 e. The fourth-order valence-corrected chi connectivity index (χ4v) is 2.86. The fourth-order valence-electron chi connectivity index (χ4n) is 2.45. The normalized spacial score (nSPS) is 11.1. The second-order valence-corrected chi connectivity index (χ2v) is 5.80. The van der Waals surface area contributed by atoms with Crippen molar-refractivity contribution in [2.24, 2.45) is 5.73 Å². The van der Waals surface area contributed by atoms with Gasteiger partial charge in [0.2, 0.25) is 0 Å². The first kappa shape index (κ1) is 13.3. The quantitative estimate of drug-likeness (QED) is 0.797. The van der Waals surface area contributed by atoms with Crippen molar-refractivity contribution in [2.45, 2.75) is 13.0 Å². The van der Waals surface area contributed by atoms with Crippen LogP contribution in [0.4, 0.5) is 0 Å². The molecule has 3 aromatic rings. The summed E-state index contributed by atoms with van der Waals surface area (Å²) in [5.74, 6) is 0. The predicted octanol–water partition coefficient (Wildman–Crippen LogP) is 3.35. The van der Waals surface area contributed by atoms with Crippen LogP contribution in [0.15, 0.2) is 53.4 Å². The zero-order valence-corrected chi connectivity index (χ0v) is 12.7. The lowest BCUT2D eigenvalue weighted by Gasteiger charge is -2.06. The number of halogens is 1. The first-order valence-corrected chi connectivity index (χ1v) is 7.43. The van der Waals surface area contributed by atoms with E-state index in [1.54, 1.807) is 6.20 Å². The van der Waals surface area contributed by atoms with Crippen molar-refractivity contribution >= 4 is 26.8 Å². The Morgan fingerprint density at radius 2 is 2.00 bits per heavy atom. The van der Waals surface area contributed by atoms with Gasteiger partial charge in [-0.3, -0.25) is 4.98 Å². The van der Waals surface area contributed by atoms with Gasteiger partial charge in [0.15, 0.2) is 0 Å². The molecule has 0 saturated carbocycles. The Kier molecular flexibility index (Phi) is 3.85. The Hall–Kier alpha value is -1.65. The third-order valence-electron chi connectivity index (χ3n) is 3.38. The minimum absolute atomic E-state index is 0.690. The summed E-state index contributed by atoms with van der Waals surface area (Å²) in [6.07, 6.45) is 6.75. The van der Waals surface area contributed by atoms with Crippen LogP contribution in [0.5, 0.6) is 0 Å². The highest BCUT2D eigenvalue weighted by Gasteiger charge is 2.03. The number of hydrogen-bond acceptors (Lipinski definition) is 2. The van der Waals surface area contributed by atoms with Gasteiger partial charge in [-0.15, -0.1) is 0 Å². The van der Waals surface area contributed by atoms with Crippen LogP contribution in [0.3, 0.4) is 0 Å². The van der Waals surface area contributed by atoms with Gasteiger partial charge in [0.1, 0.15) is 0 Å². The third-order valence-corrected chi connectivity index (χ3v) is 3.82. The van der Waals surface area contributed by atoms with Crippen molar-refractivity contribution in [1.82, 2.24) is 9.55 Å². The summed E-state index contributed by atoms with van der Waals surface area (Å²) in [7, 11) is 0. The van der Waals surface area contributed by atoms with Gasteiger partial charge in [-0.25, -0.2) is 0 Å². The topological polar surface area (TPSA) is 43.8 Å². The van der Waals surface area contributed by atoms with E-state index < -0.39 is 0 Å². The summed E-state index contributed by atoms with van der Waals surface area (Å²) in [6, 6.07) is 10.8.